The van der Waals surface area contributed by atoms with Crippen molar-refractivity contribution in [2.24, 2.45) is 17.8 Å². The number of likely N-dealkylation sites (tertiary alicyclic amines) is 1. The number of Topliss-reactive ketones (excluding diaryl/α,β-unsaturated/α-hetero) is 1. The summed E-state index contributed by atoms with van der Waals surface area (Å²) < 4.78 is 5.44. The van der Waals surface area contributed by atoms with E-state index in [1.54, 1.807) is 4.90 Å². The van der Waals surface area contributed by atoms with Crippen LogP contribution in [0.2, 0.25) is 0 Å². The first-order valence-electron chi connectivity index (χ1n) is 7.58. The molecule has 0 spiro atoms. The normalized spacial score (nSPS) is 23.6. The average molecular weight is 283 g/mol. The molecule has 0 bridgehead atoms. The molecule has 1 rings (SSSR count). The highest BCUT2D eigenvalue weighted by molar-refractivity contribution is 5.89. The van der Waals surface area contributed by atoms with Crippen molar-refractivity contribution in [1.82, 2.24) is 4.90 Å². The van der Waals surface area contributed by atoms with Gasteiger partial charge in [-0.1, -0.05) is 27.7 Å². The van der Waals surface area contributed by atoms with Gasteiger partial charge in [-0.3, -0.25) is 9.69 Å². The molecule has 0 N–H and O–H groups in total. The summed E-state index contributed by atoms with van der Waals surface area (Å²) in [5.41, 5.74) is -0.529. The fraction of sp³-hybridized carbons (Fsp3) is 0.875. The van der Waals surface area contributed by atoms with E-state index in [0.717, 1.165) is 6.42 Å². The molecular formula is C16H29NO3. The van der Waals surface area contributed by atoms with E-state index in [-0.39, 0.29) is 29.8 Å². The molecule has 2 atom stereocenters. The molecule has 4 nitrogen and oxygen atoms in total. The van der Waals surface area contributed by atoms with E-state index in [2.05, 4.69) is 13.8 Å². The number of hydrogen-bond acceptors (Lipinski definition) is 3. The SMILES string of the molecule is CC(C)C(=O)[C@@H]1[C@H](C(C)C)CCN1C(=O)OC(C)(C)C. The number of ketones is 1. The summed E-state index contributed by atoms with van der Waals surface area (Å²) in [5, 5.41) is 0. The molecule has 0 unspecified atom stereocenters. The van der Waals surface area contributed by atoms with E-state index >= 15 is 0 Å². The highest BCUT2D eigenvalue weighted by atomic mass is 16.6. The van der Waals surface area contributed by atoms with E-state index in [0.29, 0.717) is 12.5 Å². The third-order valence-electron chi connectivity index (χ3n) is 3.79. The minimum Gasteiger partial charge on any atom is -0.444 e. The van der Waals surface area contributed by atoms with Crippen molar-refractivity contribution in [3.63, 3.8) is 0 Å². The molecule has 0 saturated carbocycles. The summed E-state index contributed by atoms with van der Waals surface area (Å²) in [6.45, 7) is 14.2. The van der Waals surface area contributed by atoms with Gasteiger partial charge in [-0.2, -0.15) is 0 Å². The number of amides is 1. The van der Waals surface area contributed by atoms with E-state index < -0.39 is 5.60 Å². The first-order chi connectivity index (χ1) is 9.04. The van der Waals surface area contributed by atoms with Crippen LogP contribution >= 0.6 is 0 Å². The molecule has 0 aromatic carbocycles. The summed E-state index contributed by atoms with van der Waals surface area (Å²) in [4.78, 5) is 26.4. The Labute approximate surface area is 122 Å². The molecule has 1 fully saturated rings. The highest BCUT2D eigenvalue weighted by Gasteiger charge is 2.44. The second kappa shape index (κ2) is 6.15. The maximum Gasteiger partial charge on any atom is 0.410 e. The first kappa shape index (κ1) is 17.0. The van der Waals surface area contributed by atoms with Gasteiger partial charge in [0.1, 0.15) is 5.60 Å². The summed E-state index contributed by atoms with van der Waals surface area (Å²) in [6, 6.07) is -0.329. The van der Waals surface area contributed by atoms with Crippen LogP contribution in [0.1, 0.15) is 54.9 Å². The van der Waals surface area contributed by atoms with E-state index in [1.807, 2.05) is 34.6 Å². The van der Waals surface area contributed by atoms with Gasteiger partial charge >= 0.3 is 6.09 Å². The van der Waals surface area contributed by atoms with Gasteiger partial charge in [0.15, 0.2) is 5.78 Å². The Bertz CT molecular complexity index is 368. The second-order valence-electron chi connectivity index (χ2n) is 7.37. The number of hydrogen-bond donors (Lipinski definition) is 0. The summed E-state index contributed by atoms with van der Waals surface area (Å²) in [7, 11) is 0. The molecule has 20 heavy (non-hydrogen) atoms. The maximum absolute atomic E-state index is 12.5. The van der Waals surface area contributed by atoms with Crippen molar-refractivity contribution in [1.29, 1.82) is 0 Å². The fourth-order valence-electron chi connectivity index (χ4n) is 2.75. The van der Waals surface area contributed by atoms with Crippen LogP contribution in [0.3, 0.4) is 0 Å². The quantitative estimate of drug-likeness (QED) is 0.796. The molecule has 1 heterocycles. The predicted octanol–water partition coefficient (Wildman–Crippen LogP) is 3.49. The van der Waals surface area contributed by atoms with Crippen molar-refractivity contribution >= 4 is 11.9 Å². The van der Waals surface area contributed by atoms with Crippen molar-refractivity contribution in [3.05, 3.63) is 0 Å². The Kier molecular flexibility index (Phi) is 5.22. The van der Waals surface area contributed by atoms with Crippen LogP contribution in [0.15, 0.2) is 0 Å². The van der Waals surface area contributed by atoms with Crippen molar-refractivity contribution in [2.75, 3.05) is 6.54 Å². The van der Waals surface area contributed by atoms with Crippen LogP contribution in [-0.4, -0.2) is 35.0 Å². The Morgan fingerprint density at radius 3 is 2.10 bits per heavy atom. The second-order valence-corrected chi connectivity index (χ2v) is 7.37. The van der Waals surface area contributed by atoms with Crippen molar-refractivity contribution < 1.29 is 14.3 Å². The standard InChI is InChI=1S/C16H29NO3/c1-10(2)12-8-9-17(13(12)14(18)11(3)4)15(19)20-16(5,6)7/h10-13H,8-9H2,1-7H3/t12-,13-/m0/s1. The van der Waals surface area contributed by atoms with Gasteiger partial charge in [0.05, 0.1) is 6.04 Å². The zero-order chi connectivity index (χ0) is 15.7. The lowest BCUT2D eigenvalue weighted by Crippen LogP contribution is -2.47. The summed E-state index contributed by atoms with van der Waals surface area (Å²) in [5.74, 6) is 0.698. The number of carbonyl (C=O) groups is 2. The van der Waals surface area contributed by atoms with E-state index in [4.69, 9.17) is 4.74 Å². The lowest BCUT2D eigenvalue weighted by atomic mass is 9.84. The Hall–Kier alpha value is -1.06. The smallest absolute Gasteiger partial charge is 0.410 e. The van der Waals surface area contributed by atoms with Gasteiger partial charge in [-0.05, 0) is 39.0 Å². The minimum absolute atomic E-state index is 0.0655. The van der Waals surface area contributed by atoms with Gasteiger partial charge in [0, 0.05) is 12.5 Å². The molecular weight excluding hydrogens is 254 g/mol. The van der Waals surface area contributed by atoms with E-state index in [9.17, 15) is 9.59 Å². The lowest BCUT2D eigenvalue weighted by Gasteiger charge is -2.31. The van der Waals surface area contributed by atoms with Crippen LogP contribution < -0.4 is 0 Å². The van der Waals surface area contributed by atoms with E-state index in [1.165, 1.54) is 0 Å². The van der Waals surface area contributed by atoms with Crippen molar-refractivity contribution in [3.8, 4) is 0 Å². The van der Waals surface area contributed by atoms with Crippen LogP contribution in [0, 0.1) is 17.8 Å². The molecule has 1 aliphatic rings. The van der Waals surface area contributed by atoms with Gasteiger partial charge in [0.2, 0.25) is 0 Å². The Morgan fingerprint density at radius 2 is 1.70 bits per heavy atom. The predicted molar refractivity (Wildman–Crippen MR) is 79.5 cm³/mol. The third-order valence-corrected chi connectivity index (χ3v) is 3.79. The third kappa shape index (κ3) is 3.97. The highest BCUT2D eigenvalue weighted by Crippen LogP contribution is 2.33. The molecule has 0 aromatic rings. The lowest BCUT2D eigenvalue weighted by molar-refractivity contribution is -0.127. The zero-order valence-corrected chi connectivity index (χ0v) is 13.9. The summed E-state index contributed by atoms with van der Waals surface area (Å²) >= 11 is 0. The molecule has 116 valence electrons. The monoisotopic (exact) mass is 283 g/mol. The minimum atomic E-state index is -0.529. The van der Waals surface area contributed by atoms with Gasteiger partial charge < -0.3 is 4.74 Å². The molecule has 1 saturated heterocycles. The van der Waals surface area contributed by atoms with Crippen LogP contribution in [0.5, 0.6) is 0 Å². The number of nitrogens with zero attached hydrogens (tertiary/aromatic N) is 1. The van der Waals surface area contributed by atoms with Gasteiger partial charge in [-0.25, -0.2) is 4.79 Å². The maximum atomic E-state index is 12.5. The molecule has 0 aliphatic carbocycles. The molecule has 0 aromatic heterocycles. The van der Waals surface area contributed by atoms with Crippen molar-refractivity contribution in [2.45, 2.75) is 66.5 Å². The Balaban J connectivity index is 2.94. The first-order valence-corrected chi connectivity index (χ1v) is 7.58. The number of carbonyl (C=O) groups excluding carboxylic acids is 2. The Morgan fingerprint density at radius 1 is 1.15 bits per heavy atom. The van der Waals surface area contributed by atoms with Crippen LogP contribution in [-0.2, 0) is 9.53 Å². The molecule has 1 aliphatic heterocycles. The summed E-state index contributed by atoms with van der Waals surface area (Å²) in [6.07, 6.45) is 0.514. The van der Waals surface area contributed by atoms with Gasteiger partial charge in [-0.15, -0.1) is 0 Å². The molecule has 4 heteroatoms. The zero-order valence-electron chi connectivity index (χ0n) is 13.9. The van der Waals surface area contributed by atoms with Crippen LogP contribution in [0.4, 0.5) is 4.79 Å². The van der Waals surface area contributed by atoms with Gasteiger partial charge in [0.25, 0.3) is 0 Å². The van der Waals surface area contributed by atoms with Crippen LogP contribution in [0.25, 0.3) is 0 Å². The fourth-order valence-corrected chi connectivity index (χ4v) is 2.75. The topological polar surface area (TPSA) is 46.6 Å². The molecule has 0 radical (unpaired) electrons. The average Bonchev–Trinajstić information content (AvgIpc) is 2.69. The largest absolute Gasteiger partial charge is 0.444 e. The molecule has 1 amide bonds. The number of ether oxygens (including phenoxy) is 1. The number of rotatable bonds is 3.